The standard InChI is InChI=1S/C19H17ClN2O2/c1-3-15-11(2)16-9-8-14(10-17(16)22-19(15)24)21-18(23)12-4-6-13(20)7-5-12/h4-10H,3H2,1-2H3,(H,21,23)(H,22,24). The highest BCUT2D eigenvalue weighted by Gasteiger charge is 2.10. The van der Waals surface area contributed by atoms with Gasteiger partial charge in [-0.2, -0.15) is 0 Å². The predicted molar refractivity (Wildman–Crippen MR) is 98.1 cm³/mol. The molecule has 0 fully saturated rings. The molecule has 3 aromatic rings. The van der Waals surface area contributed by atoms with Crippen molar-refractivity contribution in [3.63, 3.8) is 0 Å². The molecule has 0 aliphatic rings. The smallest absolute Gasteiger partial charge is 0.255 e. The maximum atomic E-state index is 12.3. The van der Waals surface area contributed by atoms with Crippen LogP contribution < -0.4 is 10.9 Å². The van der Waals surface area contributed by atoms with Gasteiger partial charge >= 0.3 is 0 Å². The van der Waals surface area contributed by atoms with Crippen molar-refractivity contribution in [1.29, 1.82) is 0 Å². The SMILES string of the molecule is CCc1c(C)c2ccc(NC(=O)c3ccc(Cl)cc3)cc2[nH]c1=O. The minimum atomic E-state index is -0.227. The molecule has 2 aromatic carbocycles. The van der Waals surface area contributed by atoms with E-state index in [2.05, 4.69) is 10.3 Å². The average Bonchev–Trinajstić information content (AvgIpc) is 2.55. The molecule has 0 bridgehead atoms. The number of hydrogen-bond donors (Lipinski definition) is 2. The van der Waals surface area contributed by atoms with Crippen LogP contribution in [0.3, 0.4) is 0 Å². The topological polar surface area (TPSA) is 62.0 Å². The van der Waals surface area contributed by atoms with Crippen molar-refractivity contribution >= 4 is 34.1 Å². The van der Waals surface area contributed by atoms with Crippen LogP contribution in [-0.2, 0) is 6.42 Å². The molecule has 24 heavy (non-hydrogen) atoms. The number of aromatic nitrogens is 1. The van der Waals surface area contributed by atoms with Crippen molar-refractivity contribution in [1.82, 2.24) is 4.98 Å². The van der Waals surface area contributed by atoms with E-state index in [0.717, 1.165) is 16.5 Å². The second-order valence-corrected chi connectivity index (χ2v) is 6.07. The second-order valence-electron chi connectivity index (χ2n) is 5.63. The fourth-order valence-corrected chi connectivity index (χ4v) is 2.94. The number of rotatable bonds is 3. The number of anilines is 1. The van der Waals surface area contributed by atoms with Crippen LogP contribution >= 0.6 is 11.6 Å². The molecule has 4 nitrogen and oxygen atoms in total. The van der Waals surface area contributed by atoms with Gasteiger partial charge in [-0.25, -0.2) is 0 Å². The number of pyridine rings is 1. The first kappa shape index (κ1) is 16.3. The zero-order valence-electron chi connectivity index (χ0n) is 13.4. The zero-order chi connectivity index (χ0) is 17.3. The quantitative estimate of drug-likeness (QED) is 0.746. The van der Waals surface area contributed by atoms with Gasteiger partial charge in [0, 0.05) is 27.2 Å². The number of amides is 1. The van der Waals surface area contributed by atoms with Crippen molar-refractivity contribution in [2.24, 2.45) is 0 Å². The van der Waals surface area contributed by atoms with Crippen LogP contribution in [0.15, 0.2) is 47.3 Å². The molecule has 0 saturated carbocycles. The van der Waals surface area contributed by atoms with Gasteiger partial charge in [-0.05, 0) is 55.3 Å². The third kappa shape index (κ3) is 3.05. The van der Waals surface area contributed by atoms with E-state index in [1.54, 1.807) is 30.3 Å². The number of aryl methyl sites for hydroxylation is 1. The van der Waals surface area contributed by atoms with E-state index >= 15 is 0 Å². The Labute approximate surface area is 144 Å². The van der Waals surface area contributed by atoms with Crippen LogP contribution in [0.1, 0.15) is 28.4 Å². The molecule has 5 heteroatoms. The van der Waals surface area contributed by atoms with E-state index in [1.807, 2.05) is 26.0 Å². The lowest BCUT2D eigenvalue weighted by molar-refractivity contribution is 0.102. The van der Waals surface area contributed by atoms with Crippen LogP contribution in [0.2, 0.25) is 5.02 Å². The van der Waals surface area contributed by atoms with Crippen LogP contribution in [-0.4, -0.2) is 10.9 Å². The van der Waals surface area contributed by atoms with Gasteiger partial charge in [-0.1, -0.05) is 24.6 Å². The van der Waals surface area contributed by atoms with Crippen molar-refractivity contribution in [2.75, 3.05) is 5.32 Å². The summed E-state index contributed by atoms with van der Waals surface area (Å²) in [5.41, 5.74) is 3.55. The first-order chi connectivity index (χ1) is 11.5. The molecule has 0 spiro atoms. The summed E-state index contributed by atoms with van der Waals surface area (Å²) in [6.45, 7) is 3.91. The summed E-state index contributed by atoms with van der Waals surface area (Å²) in [5.74, 6) is -0.227. The molecule has 0 aliphatic carbocycles. The average molecular weight is 341 g/mol. The van der Waals surface area contributed by atoms with E-state index < -0.39 is 0 Å². The van der Waals surface area contributed by atoms with Gasteiger partial charge in [-0.15, -0.1) is 0 Å². The number of H-pyrrole nitrogens is 1. The number of hydrogen-bond acceptors (Lipinski definition) is 2. The summed E-state index contributed by atoms with van der Waals surface area (Å²) in [4.78, 5) is 27.3. The van der Waals surface area contributed by atoms with Gasteiger partial charge in [0.15, 0.2) is 0 Å². The van der Waals surface area contributed by atoms with Crippen molar-refractivity contribution in [3.8, 4) is 0 Å². The first-order valence-electron chi connectivity index (χ1n) is 7.72. The molecule has 1 aromatic heterocycles. The Bertz CT molecular complexity index is 975. The minimum Gasteiger partial charge on any atom is -0.322 e. The third-order valence-corrected chi connectivity index (χ3v) is 4.37. The summed E-state index contributed by atoms with van der Waals surface area (Å²) in [6, 6.07) is 12.2. The van der Waals surface area contributed by atoms with Gasteiger partial charge in [-0.3, -0.25) is 9.59 Å². The summed E-state index contributed by atoms with van der Waals surface area (Å²) >= 11 is 5.83. The van der Waals surface area contributed by atoms with Crippen LogP contribution in [0.4, 0.5) is 5.69 Å². The number of nitrogens with one attached hydrogen (secondary N) is 2. The third-order valence-electron chi connectivity index (χ3n) is 4.12. The van der Waals surface area contributed by atoms with Crippen LogP contribution in [0.25, 0.3) is 10.9 Å². The molecule has 2 N–H and O–H groups in total. The Hall–Kier alpha value is -2.59. The number of aromatic amines is 1. The molecule has 3 rings (SSSR count). The van der Waals surface area contributed by atoms with E-state index in [4.69, 9.17) is 11.6 Å². The lowest BCUT2D eigenvalue weighted by Gasteiger charge is -2.10. The maximum Gasteiger partial charge on any atom is 0.255 e. The summed E-state index contributed by atoms with van der Waals surface area (Å²) in [6.07, 6.45) is 0.687. The molecule has 1 heterocycles. The molecule has 0 radical (unpaired) electrons. The Morgan fingerprint density at radius 2 is 1.88 bits per heavy atom. The van der Waals surface area contributed by atoms with Gasteiger partial charge in [0.25, 0.3) is 11.5 Å². The Morgan fingerprint density at radius 1 is 1.17 bits per heavy atom. The number of benzene rings is 2. The van der Waals surface area contributed by atoms with Crippen molar-refractivity contribution in [3.05, 3.63) is 74.5 Å². The Kier molecular flexibility index (Phi) is 4.40. The maximum absolute atomic E-state index is 12.3. The summed E-state index contributed by atoms with van der Waals surface area (Å²) in [7, 11) is 0. The molecular weight excluding hydrogens is 324 g/mol. The van der Waals surface area contributed by atoms with Crippen molar-refractivity contribution in [2.45, 2.75) is 20.3 Å². The summed E-state index contributed by atoms with van der Waals surface area (Å²) < 4.78 is 0. The highest BCUT2D eigenvalue weighted by Crippen LogP contribution is 2.22. The summed E-state index contributed by atoms with van der Waals surface area (Å²) in [5, 5.41) is 4.40. The number of halogens is 1. The van der Waals surface area contributed by atoms with Crippen LogP contribution in [0, 0.1) is 6.92 Å². The largest absolute Gasteiger partial charge is 0.322 e. The molecule has 122 valence electrons. The number of carbonyl (C=O) groups is 1. The lowest BCUT2D eigenvalue weighted by Crippen LogP contribution is -2.15. The lowest BCUT2D eigenvalue weighted by atomic mass is 10.0. The van der Waals surface area contributed by atoms with Gasteiger partial charge < -0.3 is 10.3 Å². The molecule has 1 amide bonds. The van der Waals surface area contributed by atoms with Gasteiger partial charge in [0.05, 0.1) is 5.52 Å². The Morgan fingerprint density at radius 3 is 2.54 bits per heavy atom. The molecule has 0 saturated heterocycles. The minimum absolute atomic E-state index is 0.0799. The highest BCUT2D eigenvalue weighted by atomic mass is 35.5. The van der Waals surface area contributed by atoms with E-state index in [-0.39, 0.29) is 11.5 Å². The van der Waals surface area contributed by atoms with Crippen LogP contribution in [0.5, 0.6) is 0 Å². The molecule has 0 unspecified atom stereocenters. The first-order valence-corrected chi connectivity index (χ1v) is 8.10. The van der Waals surface area contributed by atoms with E-state index in [1.165, 1.54) is 0 Å². The molecular formula is C19H17ClN2O2. The van der Waals surface area contributed by atoms with Gasteiger partial charge in [0.1, 0.15) is 0 Å². The second kappa shape index (κ2) is 6.49. The molecule has 0 atom stereocenters. The zero-order valence-corrected chi connectivity index (χ0v) is 14.2. The Balaban J connectivity index is 1.95. The fourth-order valence-electron chi connectivity index (χ4n) is 2.81. The van der Waals surface area contributed by atoms with Gasteiger partial charge in [0.2, 0.25) is 0 Å². The predicted octanol–water partition coefficient (Wildman–Crippen LogP) is 4.30. The van der Waals surface area contributed by atoms with E-state index in [9.17, 15) is 9.59 Å². The monoisotopic (exact) mass is 340 g/mol. The number of carbonyl (C=O) groups excluding carboxylic acids is 1. The van der Waals surface area contributed by atoms with Crippen molar-refractivity contribution < 1.29 is 4.79 Å². The highest BCUT2D eigenvalue weighted by molar-refractivity contribution is 6.30. The number of fused-ring (bicyclic) bond motifs is 1. The fraction of sp³-hybridized carbons (Fsp3) is 0.158. The molecule has 0 aliphatic heterocycles. The normalized spacial score (nSPS) is 10.8. The van der Waals surface area contributed by atoms with E-state index in [0.29, 0.717) is 28.2 Å².